The first-order chi connectivity index (χ1) is 21.7. The molecule has 0 unspecified atom stereocenters. The summed E-state index contributed by atoms with van der Waals surface area (Å²) < 4.78 is 0. The van der Waals surface area contributed by atoms with Crippen LogP contribution in [0.1, 0.15) is 78.0 Å². The van der Waals surface area contributed by atoms with Gasteiger partial charge in [0.2, 0.25) is 0 Å². The normalized spacial score (nSPS) is 14.6. The number of hydrogen-bond donors (Lipinski definition) is 2. The zero-order chi connectivity index (χ0) is 31.3. The van der Waals surface area contributed by atoms with Gasteiger partial charge in [-0.05, 0) is 81.2 Å². The summed E-state index contributed by atoms with van der Waals surface area (Å²) in [5.41, 5.74) is 1.11. The maximum absolute atomic E-state index is 13.9. The molecule has 0 spiro atoms. The van der Waals surface area contributed by atoms with Crippen LogP contribution in [0.4, 0.5) is 5.69 Å². The van der Waals surface area contributed by atoms with Gasteiger partial charge in [0.15, 0.2) is 0 Å². The SMILES string of the molecule is CCCCCN1C(=O)c2ccc3c4ccc5c6c(ccc(c7ccc(c2c37)C1=O)c64)C(=O)N(c1ccc(O)c(C(=O)O)c1)C5=O. The number of aromatic carboxylic acids is 1. The molecular weight excluding hydrogens is 572 g/mol. The van der Waals surface area contributed by atoms with Crippen LogP contribution in [0.5, 0.6) is 5.75 Å². The van der Waals surface area contributed by atoms with Gasteiger partial charge in [-0.3, -0.25) is 24.1 Å². The van der Waals surface area contributed by atoms with E-state index < -0.39 is 29.1 Å². The number of nitrogens with zero attached hydrogens (tertiary/aromatic N) is 2. The molecule has 9 nitrogen and oxygen atoms in total. The van der Waals surface area contributed by atoms with E-state index in [1.165, 1.54) is 11.0 Å². The molecule has 0 saturated carbocycles. The molecule has 2 N–H and O–H groups in total. The highest BCUT2D eigenvalue weighted by Crippen LogP contribution is 2.46. The second-order valence-electron chi connectivity index (χ2n) is 11.6. The highest BCUT2D eigenvalue weighted by molar-refractivity contribution is 6.43. The molecule has 0 aromatic heterocycles. The molecule has 0 bridgehead atoms. The lowest BCUT2D eigenvalue weighted by Crippen LogP contribution is -2.41. The van der Waals surface area contributed by atoms with Crippen LogP contribution in [-0.2, 0) is 0 Å². The number of fused-ring (bicyclic) bond motifs is 2. The maximum Gasteiger partial charge on any atom is 0.339 e. The van der Waals surface area contributed by atoms with Crippen molar-refractivity contribution in [3.8, 4) is 5.75 Å². The Kier molecular flexibility index (Phi) is 5.55. The molecule has 45 heavy (non-hydrogen) atoms. The maximum atomic E-state index is 13.9. The summed E-state index contributed by atoms with van der Waals surface area (Å²) in [6, 6.07) is 17.8. The summed E-state index contributed by atoms with van der Waals surface area (Å²) in [6.07, 6.45) is 2.63. The van der Waals surface area contributed by atoms with Gasteiger partial charge in [0.05, 0.1) is 5.69 Å². The Morgan fingerprint density at radius 2 is 1.09 bits per heavy atom. The molecule has 9 heteroatoms. The quantitative estimate of drug-likeness (QED) is 0.0943. The van der Waals surface area contributed by atoms with Gasteiger partial charge >= 0.3 is 5.97 Å². The first-order valence-electron chi connectivity index (χ1n) is 14.7. The molecule has 0 fully saturated rings. The third-order valence-electron chi connectivity index (χ3n) is 9.17. The first kappa shape index (κ1) is 26.8. The lowest BCUT2D eigenvalue weighted by Gasteiger charge is -2.30. The molecule has 0 radical (unpaired) electrons. The number of carbonyl (C=O) groups is 5. The van der Waals surface area contributed by atoms with Crippen LogP contribution in [0.3, 0.4) is 0 Å². The van der Waals surface area contributed by atoms with Crippen molar-refractivity contribution < 1.29 is 34.2 Å². The molecule has 0 atom stereocenters. The van der Waals surface area contributed by atoms with Crippen LogP contribution in [0.25, 0.3) is 43.1 Å². The van der Waals surface area contributed by atoms with Crippen molar-refractivity contribution in [2.24, 2.45) is 0 Å². The van der Waals surface area contributed by atoms with Crippen molar-refractivity contribution in [1.29, 1.82) is 0 Å². The number of phenols is 1. The van der Waals surface area contributed by atoms with Crippen molar-refractivity contribution in [2.45, 2.75) is 26.2 Å². The third kappa shape index (κ3) is 3.46. The van der Waals surface area contributed by atoms with E-state index in [1.54, 1.807) is 24.3 Å². The van der Waals surface area contributed by atoms with Gasteiger partial charge in [-0.15, -0.1) is 0 Å². The van der Waals surface area contributed by atoms with E-state index in [1.807, 2.05) is 24.3 Å². The fourth-order valence-electron chi connectivity index (χ4n) is 7.11. The summed E-state index contributed by atoms with van der Waals surface area (Å²) in [7, 11) is 0. The fourth-order valence-corrected chi connectivity index (χ4v) is 7.11. The molecule has 8 rings (SSSR count). The van der Waals surface area contributed by atoms with Crippen LogP contribution in [0.2, 0.25) is 0 Å². The Bertz CT molecular complexity index is 2250. The van der Waals surface area contributed by atoms with Crippen molar-refractivity contribution in [2.75, 3.05) is 11.4 Å². The molecule has 6 aromatic rings. The van der Waals surface area contributed by atoms with Gasteiger partial charge in [-0.1, -0.05) is 44.0 Å². The zero-order valence-corrected chi connectivity index (χ0v) is 24.0. The molecule has 0 aliphatic carbocycles. The number of unbranched alkanes of at least 4 members (excludes halogenated alkanes) is 2. The molecule has 4 amide bonds. The average molecular weight is 597 g/mol. The van der Waals surface area contributed by atoms with Gasteiger partial charge in [-0.25, -0.2) is 9.69 Å². The lowest BCUT2D eigenvalue weighted by molar-refractivity contribution is 0.0605. The minimum atomic E-state index is -1.39. The summed E-state index contributed by atoms with van der Waals surface area (Å²) in [5, 5.41) is 25.2. The van der Waals surface area contributed by atoms with Crippen molar-refractivity contribution in [3.63, 3.8) is 0 Å². The van der Waals surface area contributed by atoms with E-state index in [0.29, 0.717) is 33.8 Å². The number of carboxylic acid groups (broad SMARTS) is 1. The molecule has 2 heterocycles. The van der Waals surface area contributed by atoms with E-state index >= 15 is 0 Å². The molecule has 0 saturated heterocycles. The van der Waals surface area contributed by atoms with Crippen LogP contribution >= 0.6 is 0 Å². The minimum Gasteiger partial charge on any atom is -0.507 e. The second-order valence-corrected chi connectivity index (χ2v) is 11.6. The Balaban J connectivity index is 1.36. The van der Waals surface area contributed by atoms with Crippen molar-refractivity contribution >= 4 is 78.4 Å². The number of aromatic hydroxyl groups is 1. The van der Waals surface area contributed by atoms with Gasteiger partial charge in [0.25, 0.3) is 23.6 Å². The number of carbonyl (C=O) groups excluding carboxylic acids is 4. The second kappa shape index (κ2) is 9.33. The summed E-state index contributed by atoms with van der Waals surface area (Å²) >= 11 is 0. The average Bonchev–Trinajstić information content (AvgIpc) is 3.04. The first-order valence-corrected chi connectivity index (χ1v) is 14.7. The number of rotatable bonds is 6. The summed E-state index contributed by atoms with van der Waals surface area (Å²) in [6.45, 7) is 2.43. The summed E-state index contributed by atoms with van der Waals surface area (Å²) in [5.74, 6) is -3.72. The van der Waals surface area contributed by atoms with Crippen LogP contribution in [0.15, 0.2) is 66.7 Å². The van der Waals surface area contributed by atoms with Gasteiger partial charge in [0, 0.05) is 39.6 Å². The van der Waals surface area contributed by atoms with E-state index in [-0.39, 0.29) is 28.6 Å². The zero-order valence-electron chi connectivity index (χ0n) is 24.0. The largest absolute Gasteiger partial charge is 0.507 e. The Morgan fingerprint density at radius 3 is 1.53 bits per heavy atom. The fraction of sp³-hybridized carbons (Fsp3) is 0.139. The van der Waals surface area contributed by atoms with E-state index in [0.717, 1.165) is 63.2 Å². The third-order valence-corrected chi connectivity index (χ3v) is 9.17. The Hall–Kier alpha value is -5.83. The van der Waals surface area contributed by atoms with Gasteiger partial charge in [-0.2, -0.15) is 0 Å². The van der Waals surface area contributed by atoms with Crippen LogP contribution in [-0.4, -0.2) is 51.3 Å². The molecule has 2 aliphatic heterocycles. The minimum absolute atomic E-state index is 0.0296. The van der Waals surface area contributed by atoms with Crippen molar-refractivity contribution in [3.05, 3.63) is 94.5 Å². The number of anilines is 1. The van der Waals surface area contributed by atoms with Gasteiger partial charge < -0.3 is 10.2 Å². The number of benzene rings is 6. The highest BCUT2D eigenvalue weighted by Gasteiger charge is 2.37. The van der Waals surface area contributed by atoms with Gasteiger partial charge in [0.1, 0.15) is 11.3 Å². The molecule has 2 aliphatic rings. The van der Waals surface area contributed by atoms with E-state index in [9.17, 15) is 34.2 Å². The molecule has 220 valence electrons. The predicted molar refractivity (Wildman–Crippen MR) is 169 cm³/mol. The molecular formula is C36H24N2O7. The topological polar surface area (TPSA) is 132 Å². The highest BCUT2D eigenvalue weighted by atomic mass is 16.4. The van der Waals surface area contributed by atoms with Crippen LogP contribution < -0.4 is 4.90 Å². The number of amides is 4. The van der Waals surface area contributed by atoms with Crippen LogP contribution in [0, 0.1) is 0 Å². The predicted octanol–water partition coefficient (Wildman–Crippen LogP) is 6.73. The van der Waals surface area contributed by atoms with E-state index in [4.69, 9.17) is 0 Å². The standard InChI is InChI=1S/C36H24N2O7/c1-2-3-4-15-37-32(40)22-10-6-18-20-8-12-24-31-25(35(43)38(34(24)42)17-5-14-27(39)26(16-17)36(44)45)13-9-21(29(20)31)19-7-11-23(33(37)41)30(22)28(18)19/h5-14,16,39H,2-4,15H2,1H3,(H,44,45). The van der Waals surface area contributed by atoms with E-state index in [2.05, 4.69) is 6.92 Å². The Labute approximate surface area is 255 Å². The summed E-state index contributed by atoms with van der Waals surface area (Å²) in [4.78, 5) is 68.9. The number of carboxylic acids is 1. The Morgan fingerprint density at radius 1 is 0.622 bits per heavy atom. The van der Waals surface area contributed by atoms with Crippen molar-refractivity contribution in [1.82, 2.24) is 4.90 Å². The molecule has 6 aromatic carbocycles. The lowest BCUT2D eigenvalue weighted by atomic mass is 9.82. The number of hydrogen-bond acceptors (Lipinski definition) is 6. The number of imide groups is 2. The smallest absolute Gasteiger partial charge is 0.339 e. The monoisotopic (exact) mass is 596 g/mol.